The highest BCUT2D eigenvalue weighted by Crippen LogP contribution is 2.15. The number of carbonyl (C=O) groups is 2. The second-order valence-corrected chi connectivity index (χ2v) is 3.78. The zero-order valence-electron chi connectivity index (χ0n) is 10.7. The number of benzene rings is 2. The Kier molecular flexibility index (Phi) is 4.34. The van der Waals surface area contributed by atoms with Gasteiger partial charge in [0, 0.05) is 0 Å². The van der Waals surface area contributed by atoms with Crippen LogP contribution in [0.25, 0.3) is 0 Å². The lowest BCUT2D eigenvalue weighted by Crippen LogP contribution is -2.13. The average Bonchev–Trinajstić information content (AvgIpc) is 2.48. The number of hydrogen-bond donors (Lipinski definition) is 0. The van der Waals surface area contributed by atoms with Crippen LogP contribution in [-0.2, 0) is 4.74 Å². The Morgan fingerprint density at radius 3 is 1.90 bits per heavy atom. The van der Waals surface area contributed by atoms with E-state index in [1.165, 1.54) is 31.4 Å². The summed E-state index contributed by atoms with van der Waals surface area (Å²) in [7, 11) is 1.30. The summed E-state index contributed by atoms with van der Waals surface area (Å²) in [4.78, 5) is 22.8. The average molecular weight is 272 g/mol. The van der Waals surface area contributed by atoms with E-state index in [1.807, 2.05) is 6.07 Å². The first-order valence-electron chi connectivity index (χ1n) is 5.82. The summed E-state index contributed by atoms with van der Waals surface area (Å²) >= 11 is 0. The highest BCUT2D eigenvalue weighted by atomic mass is 16.7. The fourth-order valence-electron chi connectivity index (χ4n) is 1.48. The van der Waals surface area contributed by atoms with Crippen LogP contribution < -0.4 is 9.47 Å². The summed E-state index contributed by atoms with van der Waals surface area (Å²) in [6.45, 7) is 0. The Morgan fingerprint density at radius 1 is 0.800 bits per heavy atom. The van der Waals surface area contributed by atoms with E-state index >= 15 is 0 Å². The van der Waals surface area contributed by atoms with E-state index in [-0.39, 0.29) is 5.75 Å². The van der Waals surface area contributed by atoms with Crippen molar-refractivity contribution in [1.82, 2.24) is 0 Å². The van der Waals surface area contributed by atoms with Crippen molar-refractivity contribution < 1.29 is 23.8 Å². The lowest BCUT2D eigenvalue weighted by molar-refractivity contribution is 0.0600. The third-order valence-corrected chi connectivity index (χ3v) is 2.42. The normalized spacial score (nSPS) is 9.65. The van der Waals surface area contributed by atoms with Gasteiger partial charge in [0.2, 0.25) is 0 Å². The Bertz CT molecular complexity index is 589. The first-order chi connectivity index (χ1) is 9.69. The molecule has 0 fully saturated rings. The second-order valence-electron chi connectivity index (χ2n) is 3.78. The molecule has 0 saturated carbocycles. The van der Waals surface area contributed by atoms with Crippen LogP contribution in [0.15, 0.2) is 54.6 Å². The maximum Gasteiger partial charge on any atom is 0.519 e. The molecule has 0 atom stereocenters. The van der Waals surface area contributed by atoms with Gasteiger partial charge in [-0.3, -0.25) is 0 Å². The van der Waals surface area contributed by atoms with Crippen LogP contribution in [0.3, 0.4) is 0 Å². The van der Waals surface area contributed by atoms with Crippen molar-refractivity contribution in [2.75, 3.05) is 7.11 Å². The first kappa shape index (κ1) is 13.6. The second kappa shape index (κ2) is 6.38. The van der Waals surface area contributed by atoms with Gasteiger partial charge in [0.25, 0.3) is 0 Å². The van der Waals surface area contributed by atoms with E-state index in [2.05, 4.69) is 4.74 Å². The van der Waals surface area contributed by atoms with Crippen molar-refractivity contribution in [2.24, 2.45) is 0 Å². The molecule has 0 radical (unpaired) electrons. The number of para-hydroxylation sites is 1. The van der Waals surface area contributed by atoms with Crippen molar-refractivity contribution in [1.29, 1.82) is 0 Å². The molecule has 0 unspecified atom stereocenters. The van der Waals surface area contributed by atoms with Gasteiger partial charge in [-0.05, 0) is 36.4 Å². The van der Waals surface area contributed by atoms with Gasteiger partial charge >= 0.3 is 12.1 Å². The zero-order valence-corrected chi connectivity index (χ0v) is 10.7. The molecule has 0 N–H and O–H groups in total. The molecule has 0 amide bonds. The molecule has 2 aromatic carbocycles. The fourth-order valence-corrected chi connectivity index (χ4v) is 1.48. The summed E-state index contributed by atoms with van der Waals surface area (Å²) in [5.41, 5.74) is 0.372. The smallest absolute Gasteiger partial charge is 0.465 e. The summed E-state index contributed by atoms with van der Waals surface area (Å²) < 4.78 is 14.5. The summed E-state index contributed by atoms with van der Waals surface area (Å²) in [6, 6.07) is 14.5. The van der Waals surface area contributed by atoms with Crippen molar-refractivity contribution >= 4 is 12.1 Å². The van der Waals surface area contributed by atoms with Crippen LogP contribution in [0.2, 0.25) is 0 Å². The number of carbonyl (C=O) groups excluding carboxylic acids is 2. The van der Waals surface area contributed by atoms with E-state index in [0.29, 0.717) is 11.3 Å². The van der Waals surface area contributed by atoms with E-state index in [1.54, 1.807) is 24.3 Å². The number of ether oxygens (including phenoxy) is 3. The van der Waals surface area contributed by atoms with Gasteiger partial charge in [0.05, 0.1) is 12.7 Å². The molecule has 5 nitrogen and oxygen atoms in total. The zero-order chi connectivity index (χ0) is 14.4. The molecule has 20 heavy (non-hydrogen) atoms. The minimum absolute atomic E-state index is 0.276. The third-order valence-electron chi connectivity index (χ3n) is 2.42. The van der Waals surface area contributed by atoms with Gasteiger partial charge in [-0.15, -0.1) is 0 Å². The Morgan fingerprint density at radius 2 is 1.35 bits per heavy atom. The van der Waals surface area contributed by atoms with Gasteiger partial charge in [0.15, 0.2) is 0 Å². The first-order valence-corrected chi connectivity index (χ1v) is 5.82. The third kappa shape index (κ3) is 3.58. The van der Waals surface area contributed by atoms with Crippen molar-refractivity contribution in [2.45, 2.75) is 0 Å². The van der Waals surface area contributed by atoms with Crippen LogP contribution in [0.5, 0.6) is 11.5 Å². The summed E-state index contributed by atoms with van der Waals surface area (Å²) in [5, 5.41) is 0. The maximum atomic E-state index is 11.5. The molecule has 0 saturated heterocycles. The molecular formula is C15H12O5. The van der Waals surface area contributed by atoms with Crippen LogP contribution in [0.4, 0.5) is 4.79 Å². The molecule has 102 valence electrons. The summed E-state index contributed by atoms with van der Waals surface area (Å²) in [6.07, 6.45) is -0.845. The number of rotatable bonds is 3. The van der Waals surface area contributed by atoms with Crippen LogP contribution in [-0.4, -0.2) is 19.2 Å². The van der Waals surface area contributed by atoms with Gasteiger partial charge in [0.1, 0.15) is 11.5 Å². The predicted molar refractivity (Wildman–Crippen MR) is 70.9 cm³/mol. The molecule has 5 heteroatoms. The monoisotopic (exact) mass is 272 g/mol. The maximum absolute atomic E-state index is 11.5. The molecule has 0 bridgehead atoms. The van der Waals surface area contributed by atoms with Crippen molar-refractivity contribution in [3.05, 3.63) is 60.2 Å². The highest BCUT2D eigenvalue weighted by molar-refractivity contribution is 5.89. The minimum Gasteiger partial charge on any atom is -0.465 e. The van der Waals surface area contributed by atoms with Gasteiger partial charge in [-0.25, -0.2) is 9.59 Å². The van der Waals surface area contributed by atoms with E-state index in [9.17, 15) is 9.59 Å². The van der Waals surface area contributed by atoms with Crippen LogP contribution in [0.1, 0.15) is 10.4 Å². The quantitative estimate of drug-likeness (QED) is 0.634. The molecule has 0 aliphatic carbocycles. The highest BCUT2D eigenvalue weighted by Gasteiger charge is 2.09. The van der Waals surface area contributed by atoms with Crippen LogP contribution in [0, 0.1) is 0 Å². The van der Waals surface area contributed by atoms with Crippen molar-refractivity contribution in [3.8, 4) is 11.5 Å². The van der Waals surface area contributed by atoms with Crippen molar-refractivity contribution in [3.63, 3.8) is 0 Å². The standard InChI is InChI=1S/C15H12O5/c1-18-14(16)11-7-9-13(10-8-11)20-15(17)19-12-5-3-2-4-6-12/h2-10H,1H3. The van der Waals surface area contributed by atoms with Crippen LogP contribution >= 0.6 is 0 Å². The number of hydrogen-bond acceptors (Lipinski definition) is 5. The molecule has 2 aromatic rings. The Balaban J connectivity index is 1.96. The van der Waals surface area contributed by atoms with Gasteiger partial charge < -0.3 is 14.2 Å². The predicted octanol–water partition coefficient (Wildman–Crippen LogP) is 3.05. The largest absolute Gasteiger partial charge is 0.519 e. The van der Waals surface area contributed by atoms with E-state index in [4.69, 9.17) is 9.47 Å². The van der Waals surface area contributed by atoms with E-state index in [0.717, 1.165) is 0 Å². The Labute approximate surface area is 115 Å². The number of esters is 1. The topological polar surface area (TPSA) is 61.8 Å². The summed E-state index contributed by atoms with van der Waals surface area (Å²) in [5.74, 6) is 0.214. The Hall–Kier alpha value is -2.82. The minimum atomic E-state index is -0.845. The molecule has 0 aliphatic rings. The molecular weight excluding hydrogens is 260 g/mol. The van der Waals surface area contributed by atoms with Gasteiger partial charge in [-0.1, -0.05) is 18.2 Å². The lowest BCUT2D eigenvalue weighted by Gasteiger charge is -2.05. The molecule has 0 spiro atoms. The SMILES string of the molecule is COC(=O)c1ccc(OC(=O)Oc2ccccc2)cc1. The molecule has 0 heterocycles. The fraction of sp³-hybridized carbons (Fsp3) is 0.0667. The lowest BCUT2D eigenvalue weighted by atomic mass is 10.2. The molecule has 2 rings (SSSR count). The van der Waals surface area contributed by atoms with E-state index < -0.39 is 12.1 Å². The molecule has 0 aromatic heterocycles. The number of methoxy groups -OCH3 is 1. The molecule has 0 aliphatic heterocycles. The van der Waals surface area contributed by atoms with Gasteiger partial charge in [-0.2, -0.15) is 0 Å².